The zero-order valence-electron chi connectivity index (χ0n) is 15.6. The second-order valence-corrected chi connectivity index (χ2v) is 6.24. The lowest BCUT2D eigenvalue weighted by Gasteiger charge is -2.20. The minimum absolute atomic E-state index is 0.0782. The molecular weight excluding hydrogens is 336 g/mol. The first kappa shape index (κ1) is 19.4. The number of hydrogen-bond donors (Lipinski definition) is 1. The number of carbonyl (C=O) groups is 2. The van der Waals surface area contributed by atoms with E-state index in [0.29, 0.717) is 12.1 Å². The van der Waals surface area contributed by atoms with Gasteiger partial charge in [0.05, 0.1) is 17.5 Å². The first-order valence-electron chi connectivity index (χ1n) is 8.47. The molecule has 2 rings (SSSR count). The molecule has 1 atom stereocenters. The number of aliphatic carboxylic acids is 1. The molecule has 8 heteroatoms. The summed E-state index contributed by atoms with van der Waals surface area (Å²) in [6.45, 7) is 7.24. The van der Waals surface area contributed by atoms with Gasteiger partial charge in [0.25, 0.3) is 5.91 Å². The molecular formula is C18H24N4O4. The van der Waals surface area contributed by atoms with Crippen LogP contribution in [0.15, 0.2) is 24.3 Å². The molecule has 0 saturated heterocycles. The van der Waals surface area contributed by atoms with Crippen molar-refractivity contribution in [1.29, 1.82) is 0 Å². The second kappa shape index (κ2) is 7.99. The van der Waals surface area contributed by atoms with Crippen LogP contribution in [-0.2, 0) is 11.2 Å². The van der Waals surface area contributed by atoms with Crippen molar-refractivity contribution in [2.75, 3.05) is 7.05 Å². The molecule has 2 aromatic rings. The Hall–Kier alpha value is -2.90. The van der Waals surface area contributed by atoms with Crippen LogP contribution >= 0.6 is 0 Å². The summed E-state index contributed by atoms with van der Waals surface area (Å²) in [5, 5.41) is 17.2. The first-order valence-corrected chi connectivity index (χ1v) is 8.47. The van der Waals surface area contributed by atoms with Crippen molar-refractivity contribution in [3.63, 3.8) is 0 Å². The summed E-state index contributed by atoms with van der Waals surface area (Å²) in [7, 11) is 1.44. The number of carboxylic acids is 1. The smallest absolute Gasteiger partial charge is 0.326 e. The van der Waals surface area contributed by atoms with Gasteiger partial charge in [0.2, 0.25) is 0 Å². The highest BCUT2D eigenvalue weighted by atomic mass is 16.5. The van der Waals surface area contributed by atoms with Crippen LogP contribution < -0.4 is 4.74 Å². The molecule has 0 fully saturated rings. The highest BCUT2D eigenvalue weighted by molar-refractivity contribution is 5.95. The average Bonchev–Trinajstić information content (AvgIpc) is 3.03. The highest BCUT2D eigenvalue weighted by Crippen LogP contribution is 2.19. The van der Waals surface area contributed by atoms with Gasteiger partial charge >= 0.3 is 5.97 Å². The number of carbonyl (C=O) groups excluding carboxylic acids is 1. The van der Waals surface area contributed by atoms with E-state index in [1.54, 1.807) is 4.68 Å². The molecule has 1 unspecified atom stereocenters. The number of carboxylic acid groups (broad SMARTS) is 1. The van der Waals surface area contributed by atoms with Crippen molar-refractivity contribution in [1.82, 2.24) is 19.9 Å². The van der Waals surface area contributed by atoms with Crippen LogP contribution in [0.2, 0.25) is 0 Å². The van der Waals surface area contributed by atoms with Gasteiger partial charge in [0, 0.05) is 7.05 Å². The van der Waals surface area contributed by atoms with Crippen molar-refractivity contribution in [2.24, 2.45) is 0 Å². The van der Waals surface area contributed by atoms with Gasteiger partial charge in [-0.2, -0.15) is 0 Å². The number of likely N-dealkylation sites (N-methyl/N-ethyl adjacent to an activating group) is 1. The maximum atomic E-state index is 12.6. The molecule has 0 aliphatic heterocycles. The summed E-state index contributed by atoms with van der Waals surface area (Å²) < 4.78 is 7.21. The van der Waals surface area contributed by atoms with Gasteiger partial charge in [-0.1, -0.05) is 12.1 Å². The quantitative estimate of drug-likeness (QED) is 0.813. The van der Waals surface area contributed by atoms with Crippen LogP contribution in [0.4, 0.5) is 0 Å². The zero-order chi connectivity index (χ0) is 19.4. The Morgan fingerprint density at radius 1 is 1.23 bits per heavy atom. The number of hydrogen-bond acceptors (Lipinski definition) is 5. The minimum Gasteiger partial charge on any atom is -0.491 e. The summed E-state index contributed by atoms with van der Waals surface area (Å²) in [4.78, 5) is 24.9. The highest BCUT2D eigenvalue weighted by Gasteiger charge is 2.28. The molecule has 0 aliphatic carbocycles. The lowest BCUT2D eigenvalue weighted by Crippen LogP contribution is -2.40. The number of nitrogens with zero attached hydrogens (tertiary/aromatic N) is 4. The molecule has 1 aromatic carbocycles. The maximum Gasteiger partial charge on any atom is 0.326 e. The monoisotopic (exact) mass is 360 g/mol. The van der Waals surface area contributed by atoms with E-state index in [2.05, 4.69) is 10.3 Å². The largest absolute Gasteiger partial charge is 0.491 e. The van der Waals surface area contributed by atoms with E-state index in [-0.39, 0.29) is 11.8 Å². The van der Waals surface area contributed by atoms with Gasteiger partial charge in [-0.3, -0.25) is 4.79 Å². The number of amides is 1. The third-order valence-electron chi connectivity index (χ3n) is 4.01. The molecule has 0 bridgehead atoms. The molecule has 0 radical (unpaired) electrons. The van der Waals surface area contributed by atoms with Crippen molar-refractivity contribution in [2.45, 2.75) is 46.3 Å². The molecule has 1 aromatic heterocycles. The van der Waals surface area contributed by atoms with Gasteiger partial charge < -0.3 is 14.7 Å². The number of ether oxygens (including phenoxy) is 1. The topological polar surface area (TPSA) is 97.5 Å². The molecule has 0 saturated carbocycles. The van der Waals surface area contributed by atoms with Crippen molar-refractivity contribution in [3.05, 3.63) is 35.7 Å². The van der Waals surface area contributed by atoms with E-state index < -0.39 is 17.9 Å². The molecule has 8 nitrogen and oxygen atoms in total. The van der Waals surface area contributed by atoms with E-state index in [0.717, 1.165) is 16.3 Å². The van der Waals surface area contributed by atoms with E-state index in [4.69, 9.17) is 9.84 Å². The Kier molecular flexibility index (Phi) is 5.97. The van der Waals surface area contributed by atoms with E-state index in [1.165, 1.54) is 14.0 Å². The fourth-order valence-electron chi connectivity index (χ4n) is 2.44. The first-order chi connectivity index (χ1) is 12.3. The lowest BCUT2D eigenvalue weighted by molar-refractivity contribution is -0.141. The maximum absolute atomic E-state index is 12.6. The summed E-state index contributed by atoms with van der Waals surface area (Å²) >= 11 is 0. The van der Waals surface area contributed by atoms with Gasteiger partial charge in [-0.25, -0.2) is 9.48 Å². The van der Waals surface area contributed by atoms with Gasteiger partial charge in [-0.05, 0) is 51.5 Å². The number of aromatic nitrogens is 3. The summed E-state index contributed by atoms with van der Waals surface area (Å²) in [6.07, 6.45) is 0.600. The fourth-order valence-corrected chi connectivity index (χ4v) is 2.44. The van der Waals surface area contributed by atoms with Crippen LogP contribution in [0.3, 0.4) is 0 Å². The predicted octanol–water partition coefficient (Wildman–Crippen LogP) is 2.16. The van der Waals surface area contributed by atoms with Crippen LogP contribution in [0.1, 0.15) is 43.9 Å². The van der Waals surface area contributed by atoms with Crippen LogP contribution in [0, 0.1) is 0 Å². The minimum atomic E-state index is -1.08. The molecule has 1 N–H and O–H groups in total. The van der Waals surface area contributed by atoms with Crippen LogP contribution in [0.25, 0.3) is 5.69 Å². The average molecular weight is 360 g/mol. The summed E-state index contributed by atoms with van der Waals surface area (Å²) in [5.41, 5.74) is 1.53. The summed E-state index contributed by atoms with van der Waals surface area (Å²) in [5.74, 6) is -0.803. The molecule has 1 amide bonds. The van der Waals surface area contributed by atoms with Crippen molar-refractivity contribution >= 4 is 11.9 Å². The zero-order valence-corrected chi connectivity index (χ0v) is 15.6. The van der Waals surface area contributed by atoms with Gasteiger partial charge in [0.15, 0.2) is 5.69 Å². The third kappa shape index (κ3) is 4.01. The SMILES string of the molecule is CCc1c(C(=O)N(C)C(C)C(=O)O)nnn1-c1ccc(OC(C)C)cc1. The molecule has 0 spiro atoms. The molecule has 0 aliphatic rings. The molecule has 1 heterocycles. The number of rotatable bonds is 7. The van der Waals surface area contributed by atoms with Crippen LogP contribution in [0.5, 0.6) is 5.75 Å². The number of benzene rings is 1. The van der Waals surface area contributed by atoms with Crippen molar-refractivity contribution < 1.29 is 19.4 Å². The Morgan fingerprint density at radius 3 is 2.35 bits per heavy atom. The van der Waals surface area contributed by atoms with Crippen LogP contribution in [-0.4, -0.2) is 56.1 Å². The Balaban J connectivity index is 2.33. The molecule has 140 valence electrons. The predicted molar refractivity (Wildman–Crippen MR) is 95.7 cm³/mol. The Bertz CT molecular complexity index is 783. The Morgan fingerprint density at radius 2 is 1.85 bits per heavy atom. The third-order valence-corrected chi connectivity index (χ3v) is 4.01. The lowest BCUT2D eigenvalue weighted by atomic mass is 10.2. The van der Waals surface area contributed by atoms with Crippen molar-refractivity contribution in [3.8, 4) is 11.4 Å². The van der Waals surface area contributed by atoms with E-state index >= 15 is 0 Å². The molecule has 26 heavy (non-hydrogen) atoms. The standard InChI is InChI=1S/C18H24N4O4/c1-6-15-16(17(23)21(5)12(4)18(24)25)19-20-22(15)13-7-9-14(10-8-13)26-11(2)3/h7-12H,6H2,1-5H3,(H,24,25). The van der Waals surface area contributed by atoms with Gasteiger partial charge in [-0.15, -0.1) is 5.10 Å². The van der Waals surface area contributed by atoms with E-state index in [9.17, 15) is 9.59 Å². The van der Waals surface area contributed by atoms with E-state index in [1.807, 2.05) is 45.0 Å². The second-order valence-electron chi connectivity index (χ2n) is 6.24. The fraction of sp³-hybridized carbons (Fsp3) is 0.444. The normalized spacial score (nSPS) is 12.1. The Labute approximate surface area is 152 Å². The summed E-state index contributed by atoms with van der Waals surface area (Å²) in [6, 6.07) is 6.38. The van der Waals surface area contributed by atoms with Gasteiger partial charge in [0.1, 0.15) is 11.8 Å².